The Hall–Kier alpha value is -3.03. The monoisotopic (exact) mass is 844 g/mol. The van der Waals surface area contributed by atoms with Crippen LogP contribution in [0, 0.1) is 35.0 Å². The minimum Gasteiger partial charge on any atom is -0.396 e. The minimum atomic E-state index is -1.23. The first-order valence-corrected chi connectivity index (χ1v) is 22.8. The summed E-state index contributed by atoms with van der Waals surface area (Å²) in [7, 11) is 5.66. The predicted octanol–water partition coefficient (Wildman–Crippen LogP) is 5.58. The molecule has 9 atom stereocenters. The number of allylic oxidation sites excluding steroid dienone is 9. The average molecular weight is 844 g/mol. The van der Waals surface area contributed by atoms with Crippen molar-refractivity contribution in [2.45, 2.75) is 95.3 Å². The molecular formula is C51H77N3O7. The van der Waals surface area contributed by atoms with Gasteiger partial charge >= 0.3 is 0 Å². The lowest BCUT2D eigenvalue weighted by molar-refractivity contribution is -0.194. The molecule has 1 spiro atoms. The number of carbonyl (C=O) groups is 1. The van der Waals surface area contributed by atoms with E-state index < -0.39 is 17.1 Å². The molecule has 0 aromatic heterocycles. The van der Waals surface area contributed by atoms with E-state index in [9.17, 15) is 25.2 Å². The van der Waals surface area contributed by atoms with E-state index >= 15 is 0 Å². The van der Waals surface area contributed by atoms with Crippen molar-refractivity contribution in [1.82, 2.24) is 16.0 Å². The summed E-state index contributed by atoms with van der Waals surface area (Å²) in [6.07, 6.45) is 19.7. The highest BCUT2D eigenvalue weighted by atomic mass is 16.5. The van der Waals surface area contributed by atoms with E-state index in [1.165, 1.54) is 16.7 Å². The van der Waals surface area contributed by atoms with Gasteiger partial charge in [0.25, 0.3) is 0 Å². The topological polar surface area (TPSA) is 153 Å². The molecule has 0 amide bonds. The highest BCUT2D eigenvalue weighted by Crippen LogP contribution is 2.67. The lowest BCUT2D eigenvalue weighted by Crippen LogP contribution is -2.65. The number of fused-ring (bicyclic) bond motifs is 5. The summed E-state index contributed by atoms with van der Waals surface area (Å²) >= 11 is 0. The van der Waals surface area contributed by atoms with Crippen LogP contribution in [0.15, 0.2) is 95.2 Å². The fourth-order valence-electron chi connectivity index (χ4n) is 11.4. The predicted molar refractivity (Wildman–Crippen MR) is 245 cm³/mol. The van der Waals surface area contributed by atoms with E-state index in [0.717, 1.165) is 68.2 Å². The number of aldehydes is 1. The van der Waals surface area contributed by atoms with Crippen molar-refractivity contribution in [1.29, 1.82) is 0 Å². The zero-order chi connectivity index (χ0) is 44.0. The Kier molecular flexibility index (Phi) is 18.5. The maximum atomic E-state index is 12.9. The fourth-order valence-corrected chi connectivity index (χ4v) is 11.4. The number of nitrogens with one attached hydrogen (secondary N) is 3. The molecule has 338 valence electrons. The van der Waals surface area contributed by atoms with Crippen molar-refractivity contribution >= 4 is 6.29 Å². The third-order valence-corrected chi connectivity index (χ3v) is 14.7. The number of ether oxygens (including phenoxy) is 2. The zero-order valence-corrected chi connectivity index (χ0v) is 37.8. The van der Waals surface area contributed by atoms with Crippen molar-refractivity contribution < 1.29 is 34.7 Å². The van der Waals surface area contributed by atoms with Crippen LogP contribution in [0.2, 0.25) is 0 Å². The maximum absolute atomic E-state index is 12.9. The number of methoxy groups -OCH3 is 1. The Morgan fingerprint density at radius 2 is 1.84 bits per heavy atom. The lowest BCUT2D eigenvalue weighted by atomic mass is 9.45. The van der Waals surface area contributed by atoms with Crippen molar-refractivity contribution in [3.05, 3.63) is 106 Å². The number of rotatable bonds is 20. The van der Waals surface area contributed by atoms with Crippen molar-refractivity contribution in [3.8, 4) is 0 Å². The SMILES string of the molecule is C=C(C=CC=C(COCCO)[C@H]1CC[C@]2([C@@H]1O)[C@H]1C(=C(C)C=O)[C@@H](C=C[C@@H]1CCO)C[C@]2(O)CCNC)[C@@H]1CC=C(C)CN[C@@](CCNC)(CCOC)Cc2cccc(c2)C1. The molecule has 1 heterocycles. The van der Waals surface area contributed by atoms with E-state index in [4.69, 9.17) is 9.47 Å². The molecule has 10 heteroatoms. The number of hydrogen-bond acceptors (Lipinski definition) is 10. The number of hydrogen-bond donors (Lipinski definition) is 7. The van der Waals surface area contributed by atoms with Crippen LogP contribution in [0.25, 0.3) is 0 Å². The highest BCUT2D eigenvalue weighted by molar-refractivity contribution is 5.74. The van der Waals surface area contributed by atoms with Gasteiger partial charge in [0.1, 0.15) is 6.29 Å². The molecule has 1 aliphatic heterocycles. The molecule has 2 fully saturated rings. The van der Waals surface area contributed by atoms with Gasteiger partial charge in [-0.2, -0.15) is 0 Å². The molecule has 7 N–H and O–H groups in total. The van der Waals surface area contributed by atoms with Gasteiger partial charge in [0.2, 0.25) is 0 Å². The molecule has 61 heavy (non-hydrogen) atoms. The first kappa shape index (κ1) is 49.0. The zero-order valence-electron chi connectivity index (χ0n) is 37.8. The molecular weight excluding hydrogens is 767 g/mol. The summed E-state index contributed by atoms with van der Waals surface area (Å²) in [4.78, 5) is 12.4. The first-order valence-electron chi connectivity index (χ1n) is 22.8. The quantitative estimate of drug-likeness (QED) is 0.0292. The van der Waals surface area contributed by atoms with Gasteiger partial charge in [0.05, 0.1) is 31.5 Å². The number of carbonyl (C=O) groups excluding carboxylic acids is 1. The van der Waals surface area contributed by atoms with E-state index in [2.05, 4.69) is 78.0 Å². The first-order chi connectivity index (χ1) is 29.4. The normalized spacial score (nSPS) is 32.7. The Morgan fingerprint density at radius 3 is 2.56 bits per heavy atom. The van der Waals surface area contributed by atoms with Gasteiger partial charge in [0, 0.05) is 49.7 Å². The average Bonchev–Trinajstić information content (AvgIpc) is 3.60. The second-order valence-corrected chi connectivity index (χ2v) is 18.5. The van der Waals surface area contributed by atoms with E-state index in [1.54, 1.807) is 7.11 Å². The smallest absolute Gasteiger partial charge is 0.145 e. The van der Waals surface area contributed by atoms with Crippen molar-refractivity contribution in [2.24, 2.45) is 35.0 Å². The van der Waals surface area contributed by atoms with Crippen LogP contribution in [0.5, 0.6) is 0 Å². The third-order valence-electron chi connectivity index (χ3n) is 14.7. The number of aliphatic hydroxyl groups excluding tert-OH is 3. The minimum absolute atomic E-state index is 0.0335. The molecule has 1 aromatic rings. The highest BCUT2D eigenvalue weighted by Gasteiger charge is 2.68. The standard InChI is InChI=1S/C51H77N3O7/c1-36-13-14-42(30-39-10-8-11-40(29-39)31-49(54-33-36,20-23-52-4)22-27-60-6)37(2)9-7-12-44(35-61-28-26-56)45-17-19-51(48(45)58)47-41(18-25-55)15-16-43(46(47)38(3)34-57)32-50(51,59)21-24-53-5/h7-13,15-16,29,34,41-43,45,47-48,52-56,58-59H,2,14,17-28,30-33,35H2,1,3-6H3/t41-,42-,43+,45-,47-,48-,49+,50-,51-/m1/s1. The molecule has 3 aliphatic carbocycles. The maximum Gasteiger partial charge on any atom is 0.145 e. The summed E-state index contributed by atoms with van der Waals surface area (Å²) < 4.78 is 11.6. The largest absolute Gasteiger partial charge is 0.396 e. The van der Waals surface area contributed by atoms with Gasteiger partial charge in [0.15, 0.2) is 0 Å². The molecule has 4 aliphatic rings. The van der Waals surface area contributed by atoms with Gasteiger partial charge in [-0.3, -0.25) is 4.79 Å². The Balaban J connectivity index is 1.46. The van der Waals surface area contributed by atoms with Gasteiger partial charge in [-0.25, -0.2) is 0 Å². The molecule has 2 saturated carbocycles. The summed E-state index contributed by atoms with van der Waals surface area (Å²) in [5.74, 6) is -0.742. The molecule has 0 unspecified atom stereocenters. The molecule has 0 saturated heterocycles. The van der Waals surface area contributed by atoms with E-state index in [-0.39, 0.29) is 61.6 Å². The Labute approximate surface area is 366 Å². The molecule has 5 rings (SSSR count). The van der Waals surface area contributed by atoms with E-state index in [1.807, 2.05) is 33.2 Å². The van der Waals surface area contributed by atoms with Crippen LogP contribution < -0.4 is 16.0 Å². The molecule has 0 radical (unpaired) electrons. The van der Waals surface area contributed by atoms with Gasteiger partial charge in [-0.15, -0.1) is 0 Å². The molecule has 1 aromatic carbocycles. The summed E-state index contributed by atoms with van der Waals surface area (Å²) in [5.41, 5.74) is 5.15. The summed E-state index contributed by atoms with van der Waals surface area (Å²) in [6.45, 7) is 11.9. The van der Waals surface area contributed by atoms with Crippen LogP contribution >= 0.6 is 0 Å². The molecule has 4 bridgehead atoms. The number of aliphatic hydroxyl groups is 4. The van der Waals surface area contributed by atoms with Gasteiger partial charge in [-0.05, 0) is 145 Å². The Morgan fingerprint density at radius 1 is 1.07 bits per heavy atom. The second kappa shape index (κ2) is 23.1. The number of benzene rings is 1. The van der Waals surface area contributed by atoms with Crippen LogP contribution in [0.1, 0.15) is 76.3 Å². The van der Waals surface area contributed by atoms with Crippen LogP contribution in [-0.2, 0) is 27.1 Å². The third kappa shape index (κ3) is 11.4. The summed E-state index contributed by atoms with van der Waals surface area (Å²) in [6, 6.07) is 8.99. The van der Waals surface area contributed by atoms with Crippen molar-refractivity contribution in [3.63, 3.8) is 0 Å². The van der Waals surface area contributed by atoms with Gasteiger partial charge < -0.3 is 45.9 Å². The lowest BCUT2D eigenvalue weighted by Gasteiger charge is -2.61. The van der Waals surface area contributed by atoms with Crippen LogP contribution in [0.4, 0.5) is 0 Å². The van der Waals surface area contributed by atoms with Crippen LogP contribution in [0.3, 0.4) is 0 Å². The van der Waals surface area contributed by atoms with E-state index in [0.29, 0.717) is 50.8 Å². The second-order valence-electron chi connectivity index (χ2n) is 18.5. The Bertz CT molecular complexity index is 1760. The van der Waals surface area contributed by atoms with Gasteiger partial charge in [-0.1, -0.05) is 84.0 Å². The summed E-state index contributed by atoms with van der Waals surface area (Å²) in [5, 5.41) is 56.3. The van der Waals surface area contributed by atoms with Crippen molar-refractivity contribution in [2.75, 3.05) is 73.9 Å². The fraction of sp³-hybridized carbons (Fsp3) is 0.627. The van der Waals surface area contributed by atoms with Crippen LogP contribution in [-0.4, -0.2) is 118 Å². The molecule has 10 nitrogen and oxygen atoms in total.